The molecule has 0 saturated heterocycles. The molecule has 0 aromatic heterocycles. The zero-order valence-electron chi connectivity index (χ0n) is 29.3. The van der Waals surface area contributed by atoms with Gasteiger partial charge in [0.2, 0.25) is 0 Å². The van der Waals surface area contributed by atoms with Gasteiger partial charge in [-0.15, -0.1) is 0 Å². The van der Waals surface area contributed by atoms with Crippen LogP contribution in [0.5, 0.6) is 11.5 Å². The van der Waals surface area contributed by atoms with Crippen molar-refractivity contribution in [3.63, 3.8) is 0 Å². The van der Waals surface area contributed by atoms with E-state index in [4.69, 9.17) is 38.8 Å². The minimum absolute atomic E-state index is 0. The summed E-state index contributed by atoms with van der Waals surface area (Å²) in [6, 6.07) is 16.9. The largest absolute Gasteiger partial charge is 0.494 e. The van der Waals surface area contributed by atoms with Gasteiger partial charge in [0.1, 0.15) is 11.5 Å². The molecule has 13 heteroatoms. The number of benzene rings is 2. The number of rotatable bonds is 20. The molecule has 0 unspecified atom stereocenters. The molecular weight excluding hydrogens is 728 g/mol. The maximum atomic E-state index is 7.56. The van der Waals surface area contributed by atoms with Crippen LogP contribution in [-0.2, 0) is 55.9 Å². The van der Waals surface area contributed by atoms with Crippen molar-refractivity contribution in [2.24, 2.45) is 0 Å². The number of unbranched alkanes of at least 4 members (excludes halogenated alkanes) is 12. The predicted molar refractivity (Wildman–Crippen MR) is 200 cm³/mol. The second-order valence-electron chi connectivity index (χ2n) is 10.9. The van der Waals surface area contributed by atoms with Gasteiger partial charge in [0.25, 0.3) is 0 Å². The summed E-state index contributed by atoms with van der Waals surface area (Å²) in [5.41, 5.74) is 2.74. The summed E-state index contributed by atoms with van der Waals surface area (Å²) >= 11 is 7.21. The SMILES string of the molecule is CCCCCCCCCc1ccccc1OCC.CCCCCCCCCc1ccccc1OCC.OP(O)(O)=S.OP(O)(O)=S.[Zn]. The first-order chi connectivity index (χ1) is 21.8. The Morgan fingerprint density at radius 3 is 1.00 bits per heavy atom. The molecule has 0 saturated carbocycles. The van der Waals surface area contributed by atoms with Gasteiger partial charge in [-0.1, -0.05) is 127 Å². The molecule has 2 aromatic carbocycles. The number of aryl methyl sites for hydroxylation is 2. The Morgan fingerprint density at radius 2 is 0.723 bits per heavy atom. The molecule has 0 atom stereocenters. The van der Waals surface area contributed by atoms with Crippen molar-refractivity contribution < 1.29 is 58.3 Å². The van der Waals surface area contributed by atoms with Crippen molar-refractivity contribution in [2.45, 2.75) is 130 Å². The van der Waals surface area contributed by atoms with Gasteiger partial charge in [0, 0.05) is 19.5 Å². The predicted octanol–water partition coefficient (Wildman–Crippen LogP) is 9.13. The third-order valence-corrected chi connectivity index (χ3v) is 6.64. The zero-order valence-corrected chi connectivity index (χ0v) is 35.7. The van der Waals surface area contributed by atoms with E-state index in [-0.39, 0.29) is 19.5 Å². The number of hydrogen-bond acceptors (Lipinski definition) is 4. The van der Waals surface area contributed by atoms with Gasteiger partial charge >= 0.3 is 13.4 Å². The summed E-state index contributed by atoms with van der Waals surface area (Å²) in [5.74, 6) is 2.15. The number of ether oxygens (including phenoxy) is 2. The van der Waals surface area contributed by atoms with Gasteiger partial charge in [-0.2, -0.15) is 0 Å². The molecule has 47 heavy (non-hydrogen) atoms. The van der Waals surface area contributed by atoms with E-state index in [1.807, 2.05) is 13.8 Å². The van der Waals surface area contributed by atoms with Crippen LogP contribution in [-0.4, -0.2) is 42.6 Å². The normalized spacial score (nSPS) is 10.6. The molecule has 0 heterocycles. The van der Waals surface area contributed by atoms with E-state index in [9.17, 15) is 0 Å². The van der Waals surface area contributed by atoms with Crippen LogP contribution < -0.4 is 9.47 Å². The molecule has 6 N–H and O–H groups in total. The Kier molecular flexibility index (Phi) is 37.2. The van der Waals surface area contributed by atoms with Crippen molar-refractivity contribution in [1.29, 1.82) is 0 Å². The quantitative estimate of drug-likeness (QED) is 0.0438. The Bertz CT molecular complexity index is 970. The van der Waals surface area contributed by atoms with E-state index in [0.717, 1.165) is 37.6 Å². The van der Waals surface area contributed by atoms with Crippen LogP contribution in [0.2, 0.25) is 0 Å². The first kappa shape index (κ1) is 51.1. The van der Waals surface area contributed by atoms with Crippen LogP contribution in [0, 0.1) is 0 Å². The average Bonchev–Trinajstić information content (AvgIpc) is 2.97. The Labute approximate surface area is 308 Å². The molecule has 0 spiro atoms. The van der Waals surface area contributed by atoms with Crippen molar-refractivity contribution >= 4 is 37.1 Å². The van der Waals surface area contributed by atoms with Gasteiger partial charge in [0.15, 0.2) is 0 Å². The summed E-state index contributed by atoms with van der Waals surface area (Å²) in [6.07, 6.45) is 21.5. The third-order valence-electron chi connectivity index (χ3n) is 6.64. The second-order valence-corrected chi connectivity index (χ2v) is 15.8. The molecule has 8 nitrogen and oxygen atoms in total. The first-order valence-corrected chi connectivity index (χ1v) is 22.1. The van der Waals surface area contributed by atoms with E-state index in [2.05, 4.69) is 86.0 Å². The Morgan fingerprint density at radius 1 is 0.468 bits per heavy atom. The molecule has 0 radical (unpaired) electrons. The maximum Gasteiger partial charge on any atom is 0.319 e. The molecule has 0 amide bonds. The monoisotopic (exact) mass is 788 g/mol. The average molecular weight is 790 g/mol. The van der Waals surface area contributed by atoms with Crippen LogP contribution in [0.1, 0.15) is 129 Å². The van der Waals surface area contributed by atoms with Crippen LogP contribution >= 0.6 is 13.4 Å². The second kappa shape index (κ2) is 34.2. The topological polar surface area (TPSA) is 140 Å². The standard InChI is InChI=1S/2C17H28O.2H3O3PS.Zn/c2*1-3-5-6-7-8-9-10-13-16-14-11-12-15-17(16)18-4-2;2*1-4(2,3)5;/h2*11-12,14-15H,3-10,13H2,1-2H3;2*(H3,1,2,3,5);. The van der Waals surface area contributed by atoms with Gasteiger partial charge in [0.05, 0.1) is 13.2 Å². The van der Waals surface area contributed by atoms with Crippen molar-refractivity contribution in [1.82, 2.24) is 0 Å². The molecule has 2 rings (SSSR count). The molecule has 0 aliphatic carbocycles. The third kappa shape index (κ3) is 41.8. The van der Waals surface area contributed by atoms with Gasteiger partial charge in [-0.25, -0.2) is 0 Å². The Hall–Kier alpha value is -0.277. The molecule has 0 bridgehead atoms. The first-order valence-electron chi connectivity index (χ1n) is 16.7. The van der Waals surface area contributed by atoms with Crippen LogP contribution in [0.4, 0.5) is 0 Å². The van der Waals surface area contributed by atoms with Crippen molar-refractivity contribution in [3.05, 3.63) is 59.7 Å². The Balaban J connectivity index is -0.000000630. The summed E-state index contributed by atoms with van der Waals surface area (Å²) in [4.78, 5) is 45.3. The van der Waals surface area contributed by atoms with E-state index in [0.29, 0.717) is 0 Å². The molecule has 0 aliphatic heterocycles. The van der Waals surface area contributed by atoms with Crippen LogP contribution in [0.15, 0.2) is 48.5 Å². The molecule has 0 fully saturated rings. The van der Waals surface area contributed by atoms with Gasteiger partial charge in [-0.3, -0.25) is 0 Å². The maximum absolute atomic E-state index is 7.56. The molecule has 0 aliphatic rings. The molecule has 270 valence electrons. The molecular formula is C34H62O8P2S2Zn. The minimum Gasteiger partial charge on any atom is -0.494 e. The fourth-order valence-corrected chi connectivity index (χ4v) is 4.56. The number of para-hydroxylation sites is 2. The van der Waals surface area contributed by atoms with Crippen LogP contribution in [0.3, 0.4) is 0 Å². The number of hydrogen-bond donors (Lipinski definition) is 6. The van der Waals surface area contributed by atoms with Crippen LogP contribution in [0.25, 0.3) is 0 Å². The smallest absolute Gasteiger partial charge is 0.319 e. The van der Waals surface area contributed by atoms with E-state index < -0.39 is 13.4 Å². The van der Waals surface area contributed by atoms with E-state index in [1.54, 1.807) is 0 Å². The zero-order chi connectivity index (χ0) is 35.1. The summed E-state index contributed by atoms with van der Waals surface area (Å²) < 4.78 is 11.3. The van der Waals surface area contributed by atoms with Gasteiger partial charge < -0.3 is 38.8 Å². The summed E-state index contributed by atoms with van der Waals surface area (Å²) in [5, 5.41) is 0. The van der Waals surface area contributed by atoms with Crippen molar-refractivity contribution in [3.8, 4) is 11.5 Å². The summed E-state index contributed by atoms with van der Waals surface area (Å²) in [6.45, 7) is 2.53. The minimum atomic E-state index is -3.81. The van der Waals surface area contributed by atoms with E-state index >= 15 is 0 Å². The fourth-order valence-electron chi connectivity index (χ4n) is 4.56. The van der Waals surface area contributed by atoms with Crippen molar-refractivity contribution in [2.75, 3.05) is 13.2 Å². The van der Waals surface area contributed by atoms with E-state index in [1.165, 1.54) is 101 Å². The summed E-state index contributed by atoms with van der Waals surface area (Å²) in [7, 11) is 0. The fraction of sp³-hybridized carbons (Fsp3) is 0.647. The molecule has 2 aromatic rings. The van der Waals surface area contributed by atoms with Gasteiger partial charge in [-0.05, 0) is 86.4 Å².